The number of halogens is 2. The van der Waals surface area contributed by atoms with E-state index in [1.165, 1.54) is 0 Å². The second-order valence-electron chi connectivity index (χ2n) is 5.85. The molecule has 0 saturated heterocycles. The van der Waals surface area contributed by atoms with E-state index < -0.39 is 0 Å². The Kier molecular flexibility index (Phi) is 16.8. The first-order valence-corrected chi connectivity index (χ1v) is 11.3. The fourth-order valence-electron chi connectivity index (χ4n) is 2.08. The molecule has 9 heteroatoms. The molecular formula is C20H32Br2O7. The van der Waals surface area contributed by atoms with E-state index in [1.807, 2.05) is 12.1 Å². The monoisotopic (exact) mass is 542 g/mol. The summed E-state index contributed by atoms with van der Waals surface area (Å²) >= 11 is 7.02. The second-order valence-corrected chi connectivity index (χ2v) is 7.56. The lowest BCUT2D eigenvalue weighted by molar-refractivity contribution is 0.0179. The zero-order valence-electron chi connectivity index (χ0n) is 17.3. The van der Waals surface area contributed by atoms with E-state index in [0.717, 1.165) is 27.7 Å². The lowest BCUT2D eigenvalue weighted by Crippen LogP contribution is -2.12. The van der Waals surface area contributed by atoms with E-state index in [9.17, 15) is 0 Å². The van der Waals surface area contributed by atoms with E-state index in [0.29, 0.717) is 71.8 Å². The Bertz CT molecular complexity index is 532. The summed E-state index contributed by atoms with van der Waals surface area (Å²) in [5.41, 5.74) is 0. The molecule has 0 amide bonds. The van der Waals surface area contributed by atoms with Gasteiger partial charge in [0.1, 0.15) is 24.7 Å². The van der Waals surface area contributed by atoms with Crippen LogP contribution < -0.4 is 9.47 Å². The maximum Gasteiger partial charge on any atom is 0.134 e. The van der Waals surface area contributed by atoms with Crippen LogP contribution in [0.25, 0.3) is 0 Å². The zero-order chi connectivity index (χ0) is 21.2. The molecule has 0 aromatic heterocycles. The van der Waals surface area contributed by atoms with Gasteiger partial charge in [-0.05, 0) is 50.4 Å². The van der Waals surface area contributed by atoms with E-state index in [4.69, 9.17) is 33.2 Å². The van der Waals surface area contributed by atoms with E-state index in [-0.39, 0.29) is 0 Å². The summed E-state index contributed by atoms with van der Waals surface area (Å²) in [6.07, 6.45) is 1.02. The average Bonchev–Trinajstić information content (AvgIpc) is 2.71. The smallest absolute Gasteiger partial charge is 0.134 e. The summed E-state index contributed by atoms with van der Waals surface area (Å²) in [7, 11) is 1.65. The minimum absolute atomic E-state index is 0.442. The summed E-state index contributed by atoms with van der Waals surface area (Å²) in [5, 5.41) is 0. The summed E-state index contributed by atoms with van der Waals surface area (Å²) < 4.78 is 39.7. The molecule has 0 radical (unpaired) electrons. The molecule has 29 heavy (non-hydrogen) atoms. The Morgan fingerprint density at radius 3 is 1.38 bits per heavy atom. The quantitative estimate of drug-likeness (QED) is 0.243. The molecule has 0 heterocycles. The predicted molar refractivity (Wildman–Crippen MR) is 118 cm³/mol. The van der Waals surface area contributed by atoms with Crippen molar-refractivity contribution >= 4 is 31.9 Å². The molecule has 1 aromatic rings. The normalized spacial score (nSPS) is 11.0. The largest absolute Gasteiger partial charge is 0.490 e. The molecule has 0 aliphatic heterocycles. The average molecular weight is 544 g/mol. The molecule has 0 unspecified atom stereocenters. The number of hydrogen-bond acceptors (Lipinski definition) is 7. The molecule has 0 fully saturated rings. The fraction of sp³-hybridized carbons (Fsp3) is 0.700. The van der Waals surface area contributed by atoms with Crippen LogP contribution in [0.4, 0.5) is 0 Å². The highest BCUT2D eigenvalue weighted by Crippen LogP contribution is 2.36. The molecule has 0 atom stereocenters. The van der Waals surface area contributed by atoms with Crippen molar-refractivity contribution in [2.24, 2.45) is 0 Å². The van der Waals surface area contributed by atoms with Crippen molar-refractivity contribution in [2.45, 2.75) is 13.3 Å². The standard InChI is InChI=1S/C20H32Br2O7/c1-3-4-24-7-8-26-11-13-28-19-15-18(22)20(16-17(19)21)29-14-12-27-10-9-25-6-5-23-2/h15-16H,3-14H2,1-2H3. The minimum Gasteiger partial charge on any atom is -0.490 e. The molecule has 1 aromatic carbocycles. The highest BCUT2D eigenvalue weighted by Gasteiger charge is 2.09. The van der Waals surface area contributed by atoms with Crippen molar-refractivity contribution in [3.05, 3.63) is 21.1 Å². The van der Waals surface area contributed by atoms with Gasteiger partial charge in [0, 0.05) is 13.7 Å². The fourth-order valence-corrected chi connectivity index (χ4v) is 2.96. The molecule has 1 rings (SSSR count). The summed E-state index contributed by atoms with van der Waals surface area (Å²) in [6.45, 7) is 8.15. The number of ether oxygens (including phenoxy) is 7. The topological polar surface area (TPSA) is 64.6 Å². The highest BCUT2D eigenvalue weighted by atomic mass is 79.9. The van der Waals surface area contributed by atoms with Crippen molar-refractivity contribution in [2.75, 3.05) is 79.8 Å². The van der Waals surface area contributed by atoms with E-state index >= 15 is 0 Å². The molecule has 0 saturated carbocycles. The summed E-state index contributed by atoms with van der Waals surface area (Å²) in [5.74, 6) is 1.44. The molecular weight excluding hydrogens is 512 g/mol. The van der Waals surface area contributed by atoms with Crippen molar-refractivity contribution in [3.8, 4) is 11.5 Å². The third kappa shape index (κ3) is 13.5. The number of methoxy groups -OCH3 is 1. The van der Waals surface area contributed by atoms with Gasteiger partial charge in [0.05, 0.1) is 61.8 Å². The van der Waals surface area contributed by atoms with Gasteiger partial charge in [-0.2, -0.15) is 0 Å². The molecule has 7 nitrogen and oxygen atoms in total. The highest BCUT2D eigenvalue weighted by molar-refractivity contribution is 9.11. The van der Waals surface area contributed by atoms with Crippen LogP contribution in [0.15, 0.2) is 21.1 Å². The van der Waals surface area contributed by atoms with Gasteiger partial charge in [-0.15, -0.1) is 0 Å². The van der Waals surface area contributed by atoms with Crippen LogP contribution >= 0.6 is 31.9 Å². The van der Waals surface area contributed by atoms with Gasteiger partial charge in [-0.3, -0.25) is 0 Å². The van der Waals surface area contributed by atoms with Gasteiger partial charge in [-0.25, -0.2) is 0 Å². The van der Waals surface area contributed by atoms with Crippen LogP contribution in [0.3, 0.4) is 0 Å². The number of benzene rings is 1. The molecule has 168 valence electrons. The Morgan fingerprint density at radius 2 is 0.966 bits per heavy atom. The zero-order valence-corrected chi connectivity index (χ0v) is 20.4. The predicted octanol–water partition coefficient (Wildman–Crippen LogP) is 4.09. The molecule has 0 aliphatic rings. The van der Waals surface area contributed by atoms with Crippen LogP contribution in [0.1, 0.15) is 13.3 Å². The van der Waals surface area contributed by atoms with E-state index in [2.05, 4.69) is 38.8 Å². The Labute approximate surface area is 190 Å². The maximum atomic E-state index is 5.75. The number of rotatable bonds is 19. The lowest BCUT2D eigenvalue weighted by Gasteiger charge is -2.13. The Morgan fingerprint density at radius 1 is 0.586 bits per heavy atom. The SMILES string of the molecule is CCCOCCOCCOc1cc(Br)c(OCCOCCOCCOC)cc1Br. The van der Waals surface area contributed by atoms with Gasteiger partial charge >= 0.3 is 0 Å². The first-order chi connectivity index (χ1) is 14.2. The molecule has 0 spiro atoms. The third-order valence-corrected chi connectivity index (χ3v) is 4.72. The first-order valence-electron chi connectivity index (χ1n) is 9.73. The van der Waals surface area contributed by atoms with Gasteiger partial charge in [-0.1, -0.05) is 6.92 Å². The molecule has 0 aliphatic carbocycles. The van der Waals surface area contributed by atoms with Gasteiger partial charge in [0.15, 0.2) is 0 Å². The van der Waals surface area contributed by atoms with Crippen molar-refractivity contribution < 1.29 is 33.2 Å². The Hall–Kier alpha value is -0.420. The van der Waals surface area contributed by atoms with Crippen LogP contribution in [-0.2, 0) is 23.7 Å². The van der Waals surface area contributed by atoms with Gasteiger partial charge in [0.25, 0.3) is 0 Å². The van der Waals surface area contributed by atoms with Gasteiger partial charge < -0.3 is 33.2 Å². The maximum absolute atomic E-state index is 5.75. The third-order valence-electron chi connectivity index (χ3n) is 3.48. The van der Waals surface area contributed by atoms with Crippen molar-refractivity contribution in [1.29, 1.82) is 0 Å². The van der Waals surface area contributed by atoms with Crippen LogP contribution in [-0.4, -0.2) is 79.8 Å². The Balaban J connectivity index is 2.18. The van der Waals surface area contributed by atoms with Crippen LogP contribution in [0.5, 0.6) is 11.5 Å². The van der Waals surface area contributed by atoms with E-state index in [1.54, 1.807) is 7.11 Å². The number of hydrogen-bond donors (Lipinski definition) is 0. The first kappa shape index (κ1) is 26.6. The minimum atomic E-state index is 0.442. The van der Waals surface area contributed by atoms with Crippen LogP contribution in [0.2, 0.25) is 0 Å². The van der Waals surface area contributed by atoms with Crippen molar-refractivity contribution in [1.82, 2.24) is 0 Å². The lowest BCUT2D eigenvalue weighted by atomic mass is 10.3. The molecule has 0 bridgehead atoms. The summed E-state index contributed by atoms with van der Waals surface area (Å²) in [4.78, 5) is 0. The van der Waals surface area contributed by atoms with Gasteiger partial charge in [0.2, 0.25) is 0 Å². The van der Waals surface area contributed by atoms with Crippen molar-refractivity contribution in [3.63, 3.8) is 0 Å². The second kappa shape index (κ2) is 18.4. The molecule has 0 N–H and O–H groups in total. The van der Waals surface area contributed by atoms with Crippen LogP contribution in [0, 0.1) is 0 Å². The summed E-state index contributed by atoms with van der Waals surface area (Å²) in [6, 6.07) is 3.74.